The van der Waals surface area contributed by atoms with E-state index in [1.165, 1.54) is 0 Å². The second-order valence-corrected chi connectivity index (χ2v) is 6.00. The molecule has 1 aliphatic rings. The van der Waals surface area contributed by atoms with E-state index in [9.17, 15) is 4.79 Å². The Labute approximate surface area is 104 Å². The van der Waals surface area contributed by atoms with Crippen LogP contribution < -0.4 is 10.6 Å². The van der Waals surface area contributed by atoms with E-state index in [-0.39, 0.29) is 5.78 Å². The lowest BCUT2D eigenvalue weighted by Crippen LogP contribution is -2.31. The molecule has 2 rings (SSSR count). The molecule has 2 heterocycles. The first-order chi connectivity index (χ1) is 7.72. The molecule has 5 heteroatoms. The maximum atomic E-state index is 11.6. The van der Waals surface area contributed by atoms with Crippen molar-refractivity contribution in [3.05, 3.63) is 10.9 Å². The average molecular weight is 256 g/mol. The van der Waals surface area contributed by atoms with Crippen molar-refractivity contribution in [2.75, 3.05) is 35.2 Å². The summed E-state index contributed by atoms with van der Waals surface area (Å²) in [5.41, 5.74) is 6.53. The van der Waals surface area contributed by atoms with Crippen LogP contribution in [0.2, 0.25) is 0 Å². The molecule has 0 atom stereocenters. The van der Waals surface area contributed by atoms with Gasteiger partial charge in [-0.2, -0.15) is 11.8 Å². The van der Waals surface area contributed by atoms with Crippen molar-refractivity contribution in [3.8, 4) is 0 Å². The van der Waals surface area contributed by atoms with E-state index in [0.29, 0.717) is 12.1 Å². The summed E-state index contributed by atoms with van der Waals surface area (Å²) in [5.74, 6) is 2.48. The number of nitrogens with two attached hydrogens (primary N) is 1. The number of hydrogen-bond donors (Lipinski definition) is 1. The van der Waals surface area contributed by atoms with Gasteiger partial charge in [0.2, 0.25) is 0 Å². The van der Waals surface area contributed by atoms with Crippen LogP contribution in [0, 0.1) is 0 Å². The zero-order valence-corrected chi connectivity index (χ0v) is 11.0. The predicted octanol–water partition coefficient (Wildman–Crippen LogP) is 2.48. The van der Waals surface area contributed by atoms with E-state index in [1.807, 2.05) is 24.8 Å². The molecule has 0 aliphatic carbocycles. The number of nitrogens with zero attached hydrogens (tertiary/aromatic N) is 1. The first kappa shape index (κ1) is 11.8. The maximum absolute atomic E-state index is 11.6. The third-order valence-corrected chi connectivity index (χ3v) is 4.84. The fraction of sp³-hybridized carbons (Fsp3) is 0.545. The fourth-order valence-corrected chi connectivity index (χ4v) is 3.75. The number of carbonyl (C=O) groups is 1. The van der Waals surface area contributed by atoms with Gasteiger partial charge in [-0.25, -0.2) is 0 Å². The van der Waals surface area contributed by atoms with Crippen LogP contribution in [0.15, 0.2) is 6.07 Å². The van der Waals surface area contributed by atoms with Gasteiger partial charge in [0.1, 0.15) is 0 Å². The SMILES string of the molecule is CCC(=O)c1sc(N2CCSCC2)cc1N. The zero-order valence-electron chi connectivity index (χ0n) is 9.36. The van der Waals surface area contributed by atoms with Crippen molar-refractivity contribution in [1.29, 1.82) is 0 Å². The molecule has 1 fully saturated rings. The smallest absolute Gasteiger partial charge is 0.174 e. The van der Waals surface area contributed by atoms with Crippen LogP contribution in [-0.2, 0) is 0 Å². The molecule has 16 heavy (non-hydrogen) atoms. The number of rotatable bonds is 3. The van der Waals surface area contributed by atoms with E-state index in [0.717, 1.165) is 34.5 Å². The summed E-state index contributed by atoms with van der Waals surface area (Å²) in [5, 5.41) is 1.15. The summed E-state index contributed by atoms with van der Waals surface area (Å²) in [6.45, 7) is 3.99. The van der Waals surface area contributed by atoms with E-state index in [2.05, 4.69) is 4.90 Å². The summed E-state index contributed by atoms with van der Waals surface area (Å²) in [4.78, 5) is 14.7. The molecular formula is C11H16N2OS2. The minimum Gasteiger partial charge on any atom is -0.397 e. The van der Waals surface area contributed by atoms with Crippen LogP contribution in [0.1, 0.15) is 23.0 Å². The molecule has 3 nitrogen and oxygen atoms in total. The van der Waals surface area contributed by atoms with Crippen molar-refractivity contribution in [1.82, 2.24) is 0 Å². The molecule has 1 saturated heterocycles. The number of hydrogen-bond acceptors (Lipinski definition) is 5. The Morgan fingerprint density at radius 3 is 2.81 bits per heavy atom. The number of Topliss-reactive ketones (excluding diaryl/α,β-unsaturated/α-hetero) is 1. The molecule has 0 saturated carbocycles. The molecule has 88 valence electrons. The van der Waals surface area contributed by atoms with Gasteiger partial charge in [0.25, 0.3) is 0 Å². The third kappa shape index (κ3) is 2.35. The number of ketones is 1. The van der Waals surface area contributed by atoms with Crippen LogP contribution in [0.3, 0.4) is 0 Å². The topological polar surface area (TPSA) is 46.3 Å². The molecular weight excluding hydrogens is 240 g/mol. The van der Waals surface area contributed by atoms with Crippen LogP contribution in [-0.4, -0.2) is 30.4 Å². The van der Waals surface area contributed by atoms with Gasteiger partial charge in [-0.15, -0.1) is 11.3 Å². The highest BCUT2D eigenvalue weighted by atomic mass is 32.2. The number of carbonyl (C=O) groups excluding carboxylic acids is 1. The van der Waals surface area contributed by atoms with Crippen molar-refractivity contribution in [3.63, 3.8) is 0 Å². The van der Waals surface area contributed by atoms with Crippen molar-refractivity contribution in [2.24, 2.45) is 0 Å². The van der Waals surface area contributed by atoms with Crippen LogP contribution in [0.4, 0.5) is 10.7 Å². The average Bonchev–Trinajstić information content (AvgIpc) is 2.71. The molecule has 0 bridgehead atoms. The highest BCUT2D eigenvalue weighted by Crippen LogP contribution is 2.34. The van der Waals surface area contributed by atoms with E-state index in [4.69, 9.17) is 5.73 Å². The van der Waals surface area contributed by atoms with Crippen molar-refractivity contribution >= 4 is 39.6 Å². The minimum absolute atomic E-state index is 0.153. The Morgan fingerprint density at radius 1 is 1.50 bits per heavy atom. The highest BCUT2D eigenvalue weighted by molar-refractivity contribution is 7.99. The molecule has 0 amide bonds. The molecule has 0 aromatic carbocycles. The van der Waals surface area contributed by atoms with Gasteiger partial charge in [0.05, 0.1) is 15.6 Å². The van der Waals surface area contributed by atoms with E-state index >= 15 is 0 Å². The lowest BCUT2D eigenvalue weighted by atomic mass is 10.2. The fourth-order valence-electron chi connectivity index (χ4n) is 1.71. The molecule has 1 aliphatic heterocycles. The third-order valence-electron chi connectivity index (χ3n) is 2.64. The second-order valence-electron chi connectivity index (χ2n) is 3.75. The largest absolute Gasteiger partial charge is 0.397 e. The van der Waals surface area contributed by atoms with E-state index in [1.54, 1.807) is 11.3 Å². The van der Waals surface area contributed by atoms with Gasteiger partial charge < -0.3 is 10.6 Å². The standard InChI is InChI=1S/C11H16N2OS2/c1-2-9(14)11-8(12)7-10(16-11)13-3-5-15-6-4-13/h7H,2-6,12H2,1H3. The number of nitrogen functional groups attached to an aromatic ring is 1. The molecule has 1 aromatic heterocycles. The molecule has 2 N–H and O–H groups in total. The van der Waals surface area contributed by atoms with Crippen molar-refractivity contribution in [2.45, 2.75) is 13.3 Å². The Kier molecular flexibility index (Phi) is 3.76. The summed E-state index contributed by atoms with van der Waals surface area (Å²) in [6, 6.07) is 1.95. The van der Waals surface area contributed by atoms with Gasteiger partial charge in [-0.3, -0.25) is 4.79 Å². The van der Waals surface area contributed by atoms with Gasteiger partial charge in [0, 0.05) is 31.0 Å². The molecule has 1 aromatic rings. The molecule has 0 unspecified atom stereocenters. The number of anilines is 2. The van der Waals surface area contributed by atoms with Crippen LogP contribution in [0.5, 0.6) is 0 Å². The minimum atomic E-state index is 0.153. The van der Waals surface area contributed by atoms with Gasteiger partial charge in [-0.05, 0) is 6.07 Å². The van der Waals surface area contributed by atoms with Gasteiger partial charge >= 0.3 is 0 Å². The lowest BCUT2D eigenvalue weighted by molar-refractivity contribution is 0.0993. The quantitative estimate of drug-likeness (QED) is 0.844. The van der Waals surface area contributed by atoms with Crippen LogP contribution >= 0.6 is 23.1 Å². The summed E-state index contributed by atoms with van der Waals surface area (Å²) in [7, 11) is 0. The Bertz CT molecular complexity index is 383. The van der Waals surface area contributed by atoms with Gasteiger partial charge in [-0.1, -0.05) is 6.92 Å². The molecule has 0 spiro atoms. The van der Waals surface area contributed by atoms with E-state index < -0.39 is 0 Å². The second kappa shape index (κ2) is 5.10. The number of thioether (sulfide) groups is 1. The summed E-state index contributed by atoms with van der Waals surface area (Å²) < 4.78 is 0. The first-order valence-electron chi connectivity index (χ1n) is 5.47. The zero-order chi connectivity index (χ0) is 11.5. The Hall–Kier alpha value is -0.680. The molecule has 0 radical (unpaired) electrons. The summed E-state index contributed by atoms with van der Waals surface area (Å²) in [6.07, 6.45) is 0.528. The number of thiophene rings is 1. The Morgan fingerprint density at radius 2 is 2.19 bits per heavy atom. The Balaban J connectivity index is 2.19. The normalized spacial score (nSPS) is 16.4. The van der Waals surface area contributed by atoms with Crippen LogP contribution in [0.25, 0.3) is 0 Å². The monoisotopic (exact) mass is 256 g/mol. The van der Waals surface area contributed by atoms with Crippen molar-refractivity contribution < 1.29 is 4.79 Å². The summed E-state index contributed by atoms with van der Waals surface area (Å²) >= 11 is 3.52. The highest BCUT2D eigenvalue weighted by Gasteiger charge is 2.18. The predicted molar refractivity (Wildman–Crippen MR) is 72.9 cm³/mol. The first-order valence-corrected chi connectivity index (χ1v) is 7.44. The van der Waals surface area contributed by atoms with Gasteiger partial charge in [0.15, 0.2) is 5.78 Å². The maximum Gasteiger partial charge on any atom is 0.174 e. The lowest BCUT2D eigenvalue weighted by Gasteiger charge is -2.26.